The summed E-state index contributed by atoms with van der Waals surface area (Å²) in [7, 11) is 0. The molecule has 4 nitrogen and oxygen atoms in total. The highest BCUT2D eigenvalue weighted by molar-refractivity contribution is 6.14. The van der Waals surface area contributed by atoms with Gasteiger partial charge in [-0.2, -0.15) is 0 Å². The zero-order valence-corrected chi connectivity index (χ0v) is 41.3. The number of rotatable bonds is 6. The molecule has 2 aliphatic rings. The Labute approximate surface area is 433 Å². The molecule has 75 heavy (non-hydrogen) atoms. The summed E-state index contributed by atoms with van der Waals surface area (Å²) in [5.74, 6) is 0. The van der Waals surface area contributed by atoms with Crippen LogP contribution >= 0.6 is 0 Å². The third kappa shape index (κ3) is 5.88. The molecule has 2 aromatic heterocycles. The summed E-state index contributed by atoms with van der Waals surface area (Å²) in [5.41, 5.74) is 21.9. The minimum Gasteiger partial charge on any atom is -0.454 e. The summed E-state index contributed by atoms with van der Waals surface area (Å²) in [6.07, 6.45) is 0. The third-order valence-electron chi connectivity index (χ3n) is 16.3. The predicted octanol–water partition coefficient (Wildman–Crippen LogP) is 19.7. The van der Waals surface area contributed by atoms with E-state index in [9.17, 15) is 0 Å². The Hall–Kier alpha value is -9.64. The van der Waals surface area contributed by atoms with Gasteiger partial charge in [-0.1, -0.05) is 170 Å². The van der Waals surface area contributed by atoms with E-state index in [-0.39, 0.29) is 0 Å². The Morgan fingerprint density at radius 2 is 0.720 bits per heavy atom. The average Bonchev–Trinajstić information content (AvgIpc) is 4.40. The zero-order chi connectivity index (χ0) is 49.5. The van der Waals surface area contributed by atoms with Gasteiger partial charge >= 0.3 is 0 Å². The van der Waals surface area contributed by atoms with Gasteiger partial charge in [0.05, 0.1) is 16.8 Å². The SMILES string of the molecule is Cc1cccc(N(c2ccc3c4c(ccc3c2)-c2ccc3cc(N(c5cccc(C)c5)c5cccc6c5oc5ccccc56)ccc3c2C42c3ccccc3-c3ccccc32)c2cccc3c2oc2ccccc23)c1. The first-order valence-electron chi connectivity index (χ1n) is 25.9. The van der Waals surface area contributed by atoms with Crippen LogP contribution in [-0.2, 0) is 5.41 Å². The van der Waals surface area contributed by atoms with Crippen molar-refractivity contribution in [1.29, 1.82) is 0 Å². The first-order valence-corrected chi connectivity index (χ1v) is 25.9. The van der Waals surface area contributed by atoms with Crippen molar-refractivity contribution in [2.24, 2.45) is 0 Å². The lowest BCUT2D eigenvalue weighted by molar-refractivity contribution is 0.668. The number of fused-ring (bicyclic) bond motifs is 20. The quantitative estimate of drug-likeness (QED) is 0.166. The minimum atomic E-state index is -0.605. The van der Waals surface area contributed by atoms with E-state index in [4.69, 9.17) is 8.83 Å². The van der Waals surface area contributed by atoms with Crippen molar-refractivity contribution in [3.63, 3.8) is 0 Å². The maximum Gasteiger partial charge on any atom is 0.159 e. The molecule has 2 heterocycles. The van der Waals surface area contributed by atoms with Crippen molar-refractivity contribution in [2.75, 3.05) is 9.80 Å². The molecule has 352 valence electrons. The summed E-state index contributed by atoms with van der Waals surface area (Å²) in [4.78, 5) is 4.74. The number of para-hydroxylation sites is 4. The summed E-state index contributed by atoms with van der Waals surface area (Å²) in [6.45, 7) is 4.32. The number of hydrogen-bond donors (Lipinski definition) is 0. The monoisotopic (exact) mass is 958 g/mol. The van der Waals surface area contributed by atoms with Gasteiger partial charge in [0.1, 0.15) is 11.2 Å². The van der Waals surface area contributed by atoms with Crippen molar-refractivity contribution in [2.45, 2.75) is 19.3 Å². The highest BCUT2D eigenvalue weighted by Gasteiger charge is 2.53. The van der Waals surface area contributed by atoms with Gasteiger partial charge in [-0.05, 0) is 164 Å². The Balaban J connectivity index is 0.929. The highest BCUT2D eigenvalue weighted by Crippen LogP contribution is 2.65. The summed E-state index contributed by atoms with van der Waals surface area (Å²) >= 11 is 0. The Kier molecular flexibility index (Phi) is 8.77. The topological polar surface area (TPSA) is 32.8 Å². The number of anilines is 6. The average molecular weight is 959 g/mol. The van der Waals surface area contributed by atoms with Crippen LogP contribution in [0.3, 0.4) is 0 Å². The molecule has 12 aromatic carbocycles. The van der Waals surface area contributed by atoms with Crippen molar-refractivity contribution in [1.82, 2.24) is 0 Å². The van der Waals surface area contributed by atoms with Gasteiger partial charge < -0.3 is 18.6 Å². The van der Waals surface area contributed by atoms with E-state index < -0.39 is 5.41 Å². The second kappa shape index (κ2) is 15.7. The molecule has 0 radical (unpaired) electrons. The van der Waals surface area contributed by atoms with Crippen molar-refractivity contribution in [3.05, 3.63) is 276 Å². The summed E-state index contributed by atoms with van der Waals surface area (Å²) in [5, 5.41) is 9.25. The number of aryl methyl sites for hydroxylation is 2. The minimum absolute atomic E-state index is 0.605. The van der Waals surface area contributed by atoms with Crippen LogP contribution in [0.2, 0.25) is 0 Å². The van der Waals surface area contributed by atoms with Gasteiger partial charge in [-0.25, -0.2) is 0 Å². The van der Waals surface area contributed by atoms with Crippen LogP contribution in [0.4, 0.5) is 34.1 Å². The largest absolute Gasteiger partial charge is 0.454 e. The third-order valence-corrected chi connectivity index (χ3v) is 16.3. The maximum absolute atomic E-state index is 6.74. The van der Waals surface area contributed by atoms with Crippen molar-refractivity contribution in [3.8, 4) is 22.3 Å². The lowest BCUT2D eigenvalue weighted by Gasteiger charge is -2.33. The molecule has 16 rings (SSSR count). The highest BCUT2D eigenvalue weighted by atomic mass is 16.3. The smallest absolute Gasteiger partial charge is 0.159 e. The first-order chi connectivity index (χ1) is 37.0. The van der Waals surface area contributed by atoms with Crippen LogP contribution in [0.5, 0.6) is 0 Å². The molecular weight excluding hydrogens is 913 g/mol. The molecule has 14 aromatic rings. The van der Waals surface area contributed by atoms with E-state index in [0.717, 1.165) is 78.0 Å². The normalized spacial score (nSPS) is 13.0. The van der Waals surface area contributed by atoms with Gasteiger partial charge in [-0.15, -0.1) is 0 Å². The molecule has 0 amide bonds. The Morgan fingerprint density at radius 1 is 0.307 bits per heavy atom. The van der Waals surface area contributed by atoms with E-state index >= 15 is 0 Å². The van der Waals surface area contributed by atoms with Gasteiger partial charge in [0.15, 0.2) is 11.2 Å². The molecule has 0 N–H and O–H groups in total. The van der Waals surface area contributed by atoms with Crippen LogP contribution in [-0.4, -0.2) is 0 Å². The number of benzene rings is 12. The van der Waals surface area contributed by atoms with E-state index in [0.29, 0.717) is 0 Å². The van der Waals surface area contributed by atoms with Crippen LogP contribution < -0.4 is 9.80 Å². The zero-order valence-electron chi connectivity index (χ0n) is 41.3. The fourth-order valence-electron chi connectivity index (χ4n) is 13.3. The fraction of sp³-hybridized carbons (Fsp3) is 0.0423. The standard InChI is InChI=1S/C71H46N2O2/c1-43-15-11-17-47(39-43)72(63-27-13-23-59-55-21-5-9-29-65(55)74-69(59)63)49-33-37-51-45(41-49)31-35-57-58-36-32-46-42-50(34-38-52(46)68(58)71(67(51)57)61-25-7-3-19-53(61)54-20-4-8-26-62(54)71)73(48-18-12-16-44(2)40-48)64-28-14-24-60-56-22-6-10-30-66(56)75-70(60)64/h3-42H,1-2H3. The lowest BCUT2D eigenvalue weighted by Crippen LogP contribution is -2.26. The molecule has 0 aliphatic heterocycles. The van der Waals surface area contributed by atoms with Crippen molar-refractivity contribution < 1.29 is 8.83 Å². The fourth-order valence-corrected chi connectivity index (χ4v) is 13.3. The molecule has 1 spiro atoms. The second-order valence-electron chi connectivity index (χ2n) is 20.5. The van der Waals surface area contributed by atoms with E-state index in [1.807, 2.05) is 12.1 Å². The number of furan rings is 2. The van der Waals surface area contributed by atoms with Gasteiger partial charge in [0.2, 0.25) is 0 Å². The summed E-state index contributed by atoms with van der Waals surface area (Å²) in [6, 6.07) is 89.2. The van der Waals surface area contributed by atoms with E-state index in [1.165, 1.54) is 77.2 Å². The first kappa shape index (κ1) is 41.9. The molecule has 0 bridgehead atoms. The molecule has 0 unspecified atom stereocenters. The van der Waals surface area contributed by atoms with Crippen LogP contribution in [0.25, 0.3) is 87.7 Å². The van der Waals surface area contributed by atoms with Gasteiger partial charge in [-0.3, -0.25) is 0 Å². The molecular formula is C71H46N2O2. The van der Waals surface area contributed by atoms with Crippen molar-refractivity contribution >= 4 is 99.5 Å². The molecule has 0 saturated carbocycles. The second-order valence-corrected chi connectivity index (χ2v) is 20.5. The maximum atomic E-state index is 6.74. The number of nitrogens with zero attached hydrogens (tertiary/aromatic N) is 2. The van der Waals surface area contributed by atoms with Crippen LogP contribution in [0, 0.1) is 13.8 Å². The molecule has 2 aliphatic carbocycles. The van der Waals surface area contributed by atoms with E-state index in [1.54, 1.807) is 0 Å². The lowest BCUT2D eigenvalue weighted by atomic mass is 9.68. The molecule has 0 fully saturated rings. The molecule has 0 atom stereocenters. The van der Waals surface area contributed by atoms with E-state index in [2.05, 4.69) is 254 Å². The van der Waals surface area contributed by atoms with Gasteiger partial charge in [0.25, 0.3) is 0 Å². The van der Waals surface area contributed by atoms with Crippen LogP contribution in [0.15, 0.2) is 251 Å². The molecule has 4 heteroatoms. The Morgan fingerprint density at radius 3 is 1.20 bits per heavy atom. The Bertz CT molecular complexity index is 4430. The predicted molar refractivity (Wildman–Crippen MR) is 311 cm³/mol. The molecule has 0 saturated heterocycles. The van der Waals surface area contributed by atoms with Crippen LogP contribution in [0.1, 0.15) is 33.4 Å². The summed E-state index contributed by atoms with van der Waals surface area (Å²) < 4.78 is 13.5. The number of hydrogen-bond acceptors (Lipinski definition) is 4. The van der Waals surface area contributed by atoms with Gasteiger partial charge in [0, 0.05) is 44.3 Å².